The summed E-state index contributed by atoms with van der Waals surface area (Å²) >= 11 is 0. The number of carboxylic acids is 1. The Bertz CT molecular complexity index is 1280. The smallest absolute Gasteiger partial charge is 0.303 e. The molecule has 0 saturated carbocycles. The first-order chi connectivity index (χ1) is 16.0. The predicted molar refractivity (Wildman–Crippen MR) is 133 cm³/mol. The number of hydrogen-bond acceptors (Lipinski definition) is 4. The van der Waals surface area contributed by atoms with Gasteiger partial charge in [-0.2, -0.15) is 0 Å². The number of para-hydroxylation sites is 2. The van der Waals surface area contributed by atoms with Gasteiger partial charge in [-0.1, -0.05) is 57.2 Å². The molecular weight excluding hydrogens is 452 g/mol. The first kappa shape index (κ1) is 25.0. The van der Waals surface area contributed by atoms with E-state index in [2.05, 4.69) is 30.8 Å². The number of carbonyl (C=O) groups is 2. The van der Waals surface area contributed by atoms with E-state index in [4.69, 9.17) is 5.11 Å². The fourth-order valence-electron chi connectivity index (χ4n) is 3.29. The first-order valence-corrected chi connectivity index (χ1v) is 12.3. The molecule has 0 aromatic heterocycles. The van der Waals surface area contributed by atoms with Gasteiger partial charge in [-0.3, -0.25) is 14.3 Å². The minimum Gasteiger partial charge on any atom is -0.481 e. The second kappa shape index (κ2) is 10.1. The second-order valence-corrected chi connectivity index (χ2v) is 10.7. The zero-order chi connectivity index (χ0) is 24.9. The van der Waals surface area contributed by atoms with Crippen LogP contribution >= 0.6 is 0 Å². The molecule has 3 aromatic carbocycles. The van der Waals surface area contributed by atoms with Crippen molar-refractivity contribution in [1.82, 2.24) is 0 Å². The van der Waals surface area contributed by atoms with Gasteiger partial charge in [0.05, 0.1) is 16.3 Å². The topological polar surface area (TPSA) is 113 Å². The van der Waals surface area contributed by atoms with Gasteiger partial charge < -0.3 is 10.4 Å². The predicted octanol–water partition coefficient (Wildman–Crippen LogP) is 5.05. The van der Waals surface area contributed by atoms with Gasteiger partial charge in [0.25, 0.3) is 15.9 Å². The summed E-state index contributed by atoms with van der Waals surface area (Å²) in [6, 6.07) is 19.9. The van der Waals surface area contributed by atoms with E-state index >= 15 is 0 Å². The third-order valence-electron chi connectivity index (χ3n) is 5.29. The van der Waals surface area contributed by atoms with E-state index in [-0.39, 0.29) is 28.3 Å². The summed E-state index contributed by atoms with van der Waals surface area (Å²) in [5.74, 6) is -1.27. The number of amides is 1. The largest absolute Gasteiger partial charge is 0.481 e. The summed E-state index contributed by atoms with van der Waals surface area (Å²) in [7, 11) is -3.92. The second-order valence-electron chi connectivity index (χ2n) is 8.97. The van der Waals surface area contributed by atoms with Gasteiger partial charge in [-0.25, -0.2) is 8.42 Å². The zero-order valence-corrected chi connectivity index (χ0v) is 20.1. The lowest BCUT2D eigenvalue weighted by molar-refractivity contribution is -0.136. The third kappa shape index (κ3) is 6.45. The lowest BCUT2D eigenvalue weighted by Gasteiger charge is -2.19. The van der Waals surface area contributed by atoms with E-state index in [0.717, 1.165) is 11.1 Å². The van der Waals surface area contributed by atoms with E-state index in [1.807, 2.05) is 12.1 Å². The summed E-state index contributed by atoms with van der Waals surface area (Å²) in [6.07, 6.45) is 0.283. The van der Waals surface area contributed by atoms with Gasteiger partial charge in [0.15, 0.2) is 0 Å². The number of rotatable bonds is 8. The third-order valence-corrected chi connectivity index (χ3v) is 6.68. The molecule has 3 N–H and O–H groups in total. The van der Waals surface area contributed by atoms with Crippen LogP contribution in [0.2, 0.25) is 0 Å². The van der Waals surface area contributed by atoms with E-state index in [1.165, 1.54) is 12.1 Å². The van der Waals surface area contributed by atoms with Crippen LogP contribution in [0.3, 0.4) is 0 Å². The van der Waals surface area contributed by atoms with Crippen molar-refractivity contribution >= 4 is 33.3 Å². The molecule has 0 saturated heterocycles. The highest BCUT2D eigenvalue weighted by molar-refractivity contribution is 7.92. The molecule has 3 aromatic rings. The molecule has 178 valence electrons. The SMILES string of the molecule is CC(C)(C)c1ccc(C(=O)Nc2ccccc2NS(=O)(=O)c2ccc(CCC(=O)O)cc2)cc1. The number of carboxylic acid groups (broad SMARTS) is 1. The molecule has 0 heterocycles. The highest BCUT2D eigenvalue weighted by Crippen LogP contribution is 2.26. The van der Waals surface area contributed by atoms with Crippen molar-refractivity contribution in [2.75, 3.05) is 10.0 Å². The molecule has 34 heavy (non-hydrogen) atoms. The van der Waals surface area contributed by atoms with Gasteiger partial charge in [0.1, 0.15) is 0 Å². The minimum atomic E-state index is -3.92. The van der Waals surface area contributed by atoms with Crippen molar-refractivity contribution in [2.24, 2.45) is 0 Å². The average molecular weight is 481 g/mol. The number of nitrogens with one attached hydrogen (secondary N) is 2. The van der Waals surface area contributed by atoms with Crippen molar-refractivity contribution in [3.05, 3.63) is 89.5 Å². The van der Waals surface area contributed by atoms with E-state index in [0.29, 0.717) is 17.7 Å². The molecule has 0 radical (unpaired) electrons. The molecule has 0 aliphatic heterocycles. The van der Waals surface area contributed by atoms with Crippen LogP contribution in [-0.4, -0.2) is 25.4 Å². The maximum absolute atomic E-state index is 12.9. The number of carbonyl (C=O) groups excluding carboxylic acids is 1. The lowest BCUT2D eigenvalue weighted by atomic mass is 9.87. The lowest BCUT2D eigenvalue weighted by Crippen LogP contribution is -2.17. The summed E-state index contributed by atoms with van der Waals surface area (Å²) in [5, 5.41) is 11.6. The van der Waals surface area contributed by atoms with Crippen LogP contribution in [0, 0.1) is 0 Å². The summed E-state index contributed by atoms with van der Waals surface area (Å²) in [6.45, 7) is 6.27. The Kier molecular flexibility index (Phi) is 7.41. The molecule has 8 heteroatoms. The van der Waals surface area contributed by atoms with Crippen LogP contribution in [0.5, 0.6) is 0 Å². The Morgan fingerprint density at radius 3 is 2.00 bits per heavy atom. The summed E-state index contributed by atoms with van der Waals surface area (Å²) in [5.41, 5.74) is 2.82. The molecule has 0 fully saturated rings. The molecular formula is C26H28N2O5S. The van der Waals surface area contributed by atoms with Gasteiger partial charge >= 0.3 is 5.97 Å². The standard InChI is InChI=1S/C26H28N2O5S/c1-26(2,3)20-13-11-19(12-14-20)25(31)27-22-6-4-5-7-23(22)28-34(32,33)21-15-8-18(9-16-21)10-17-24(29)30/h4-9,11-16,28H,10,17H2,1-3H3,(H,27,31)(H,29,30). The van der Waals surface area contributed by atoms with Crippen molar-refractivity contribution in [2.45, 2.75) is 43.9 Å². The fourth-order valence-corrected chi connectivity index (χ4v) is 4.37. The average Bonchev–Trinajstić information content (AvgIpc) is 2.78. The van der Waals surface area contributed by atoms with Gasteiger partial charge in [0, 0.05) is 12.0 Å². The summed E-state index contributed by atoms with van der Waals surface area (Å²) < 4.78 is 28.3. The normalized spacial score (nSPS) is 11.6. The van der Waals surface area contributed by atoms with E-state index < -0.39 is 16.0 Å². The highest BCUT2D eigenvalue weighted by Gasteiger charge is 2.18. The molecule has 0 aliphatic carbocycles. The number of aliphatic carboxylic acids is 1. The number of anilines is 2. The number of benzene rings is 3. The molecule has 0 spiro atoms. The molecule has 7 nitrogen and oxygen atoms in total. The van der Waals surface area contributed by atoms with E-state index in [9.17, 15) is 18.0 Å². The first-order valence-electron chi connectivity index (χ1n) is 10.8. The van der Waals surface area contributed by atoms with Crippen molar-refractivity contribution in [3.8, 4) is 0 Å². The minimum absolute atomic E-state index is 0.0314. The van der Waals surface area contributed by atoms with Crippen LogP contribution in [-0.2, 0) is 26.7 Å². The number of hydrogen-bond donors (Lipinski definition) is 3. The van der Waals surface area contributed by atoms with Crippen molar-refractivity contribution in [1.29, 1.82) is 0 Å². The van der Waals surface area contributed by atoms with Crippen LogP contribution in [0.15, 0.2) is 77.7 Å². The van der Waals surface area contributed by atoms with Crippen molar-refractivity contribution in [3.63, 3.8) is 0 Å². The van der Waals surface area contributed by atoms with Gasteiger partial charge in [-0.15, -0.1) is 0 Å². The molecule has 1 amide bonds. The quantitative estimate of drug-likeness (QED) is 0.417. The zero-order valence-electron chi connectivity index (χ0n) is 19.3. The van der Waals surface area contributed by atoms with Crippen LogP contribution < -0.4 is 10.0 Å². The van der Waals surface area contributed by atoms with E-state index in [1.54, 1.807) is 48.5 Å². The monoisotopic (exact) mass is 480 g/mol. The van der Waals surface area contributed by atoms with Crippen molar-refractivity contribution < 1.29 is 23.1 Å². The van der Waals surface area contributed by atoms with Crippen LogP contribution in [0.4, 0.5) is 11.4 Å². The molecule has 0 aliphatic rings. The maximum atomic E-state index is 12.9. The van der Waals surface area contributed by atoms with Crippen LogP contribution in [0.1, 0.15) is 48.7 Å². The molecule has 0 atom stereocenters. The highest BCUT2D eigenvalue weighted by atomic mass is 32.2. The number of sulfonamides is 1. The molecule has 0 bridgehead atoms. The summed E-state index contributed by atoms with van der Waals surface area (Å²) in [4.78, 5) is 23.5. The molecule has 3 rings (SSSR count). The van der Waals surface area contributed by atoms with Gasteiger partial charge in [0.2, 0.25) is 0 Å². The maximum Gasteiger partial charge on any atom is 0.303 e. The Morgan fingerprint density at radius 2 is 1.44 bits per heavy atom. The van der Waals surface area contributed by atoms with Crippen LogP contribution in [0.25, 0.3) is 0 Å². The number of aryl methyl sites for hydroxylation is 1. The molecule has 0 unspecified atom stereocenters. The Hall–Kier alpha value is -3.65. The Balaban J connectivity index is 1.76. The Morgan fingerprint density at radius 1 is 0.853 bits per heavy atom. The van der Waals surface area contributed by atoms with Gasteiger partial charge in [-0.05, 0) is 59.4 Å². The Labute approximate surface area is 199 Å². The fraction of sp³-hybridized carbons (Fsp3) is 0.231.